The van der Waals surface area contributed by atoms with Crippen LogP contribution in [-0.4, -0.2) is 83.9 Å². The van der Waals surface area contributed by atoms with E-state index in [1.165, 1.54) is 0 Å². The number of anilines is 4. The molecular weight excluding hydrogens is 556 g/mol. The third-order valence-electron chi connectivity index (χ3n) is 6.71. The second kappa shape index (κ2) is 13.6. The number of benzene rings is 2. The van der Waals surface area contributed by atoms with Gasteiger partial charge in [-0.1, -0.05) is 30.3 Å². The first-order valence-corrected chi connectivity index (χ1v) is 14.3. The van der Waals surface area contributed by atoms with E-state index in [2.05, 4.69) is 37.6 Å². The molecule has 0 radical (unpaired) electrons. The van der Waals surface area contributed by atoms with Gasteiger partial charge in [0, 0.05) is 67.6 Å². The average molecular weight is 591 g/mol. The number of nitrogens with zero attached hydrogens (tertiary/aromatic N) is 6. The van der Waals surface area contributed by atoms with Gasteiger partial charge in [0.15, 0.2) is 5.82 Å². The van der Waals surface area contributed by atoms with Crippen LogP contribution in [-0.2, 0) is 16.1 Å². The number of methoxy groups -OCH3 is 1. The summed E-state index contributed by atoms with van der Waals surface area (Å²) < 4.78 is 13.0. The highest BCUT2D eigenvalue weighted by Gasteiger charge is 2.21. The maximum Gasteiger partial charge on any atom is 0.229 e. The van der Waals surface area contributed by atoms with E-state index in [0.29, 0.717) is 55.2 Å². The van der Waals surface area contributed by atoms with Crippen molar-refractivity contribution in [3.05, 3.63) is 66.5 Å². The molecule has 12 heteroatoms. The summed E-state index contributed by atoms with van der Waals surface area (Å²) in [6.45, 7) is 3.33. The van der Waals surface area contributed by atoms with Crippen molar-refractivity contribution in [3.8, 4) is 22.8 Å². The molecule has 5 rings (SSSR count). The number of aromatic nitrogens is 4. The average Bonchev–Trinajstić information content (AvgIpc) is 3.41. The lowest BCUT2D eigenvalue weighted by Crippen LogP contribution is -2.36. The van der Waals surface area contributed by atoms with Gasteiger partial charge in [-0.15, -0.1) is 11.6 Å². The summed E-state index contributed by atoms with van der Waals surface area (Å²) in [6.07, 6.45) is 3.88. The minimum absolute atomic E-state index is 0.171. The number of alkyl halides is 1. The van der Waals surface area contributed by atoms with Gasteiger partial charge in [0.05, 0.1) is 43.1 Å². The van der Waals surface area contributed by atoms with Crippen LogP contribution >= 0.6 is 11.6 Å². The Morgan fingerprint density at radius 1 is 1.12 bits per heavy atom. The van der Waals surface area contributed by atoms with Gasteiger partial charge >= 0.3 is 0 Å². The zero-order valence-corrected chi connectivity index (χ0v) is 24.8. The van der Waals surface area contributed by atoms with Gasteiger partial charge in [-0.25, -0.2) is 9.67 Å². The molecule has 3 heterocycles. The minimum Gasteiger partial charge on any atom is -0.494 e. The number of halogens is 1. The van der Waals surface area contributed by atoms with E-state index in [1.54, 1.807) is 18.0 Å². The van der Waals surface area contributed by atoms with Gasteiger partial charge < -0.3 is 29.9 Å². The Morgan fingerprint density at radius 3 is 2.62 bits per heavy atom. The van der Waals surface area contributed by atoms with Crippen molar-refractivity contribution in [2.45, 2.75) is 13.0 Å². The summed E-state index contributed by atoms with van der Waals surface area (Å²) in [5.41, 5.74) is 5.10. The molecule has 4 aromatic rings. The fourth-order valence-electron chi connectivity index (χ4n) is 4.78. The van der Waals surface area contributed by atoms with Crippen molar-refractivity contribution in [2.24, 2.45) is 0 Å². The normalized spacial score (nSPS) is 13.3. The van der Waals surface area contributed by atoms with Gasteiger partial charge in [0.1, 0.15) is 5.75 Å². The van der Waals surface area contributed by atoms with Crippen LogP contribution in [0, 0.1) is 0 Å². The first kappa shape index (κ1) is 29.3. The third kappa shape index (κ3) is 6.99. The zero-order valence-electron chi connectivity index (χ0n) is 24.0. The fourth-order valence-corrected chi connectivity index (χ4v) is 4.95. The number of morpholine rings is 1. The van der Waals surface area contributed by atoms with E-state index in [4.69, 9.17) is 31.2 Å². The van der Waals surface area contributed by atoms with Crippen LogP contribution in [0.2, 0.25) is 0 Å². The molecular formula is C30H35ClN8O3. The number of nitrogens with one attached hydrogen (secondary N) is 2. The molecule has 0 aliphatic carbocycles. The van der Waals surface area contributed by atoms with Crippen molar-refractivity contribution >= 4 is 40.5 Å². The van der Waals surface area contributed by atoms with Crippen molar-refractivity contribution < 1.29 is 14.3 Å². The Kier molecular flexibility index (Phi) is 9.52. The second-order valence-electron chi connectivity index (χ2n) is 10.1. The highest BCUT2D eigenvalue weighted by molar-refractivity contribution is 6.19. The maximum atomic E-state index is 12.5. The largest absolute Gasteiger partial charge is 0.494 e. The van der Waals surface area contributed by atoms with Crippen molar-refractivity contribution in [1.82, 2.24) is 24.6 Å². The zero-order chi connectivity index (χ0) is 29.5. The fraction of sp³-hybridized carbons (Fsp3) is 0.333. The topological polar surface area (TPSA) is 110 Å². The lowest BCUT2D eigenvalue weighted by Gasteiger charge is -2.31. The molecule has 1 saturated heterocycles. The van der Waals surface area contributed by atoms with E-state index in [9.17, 15) is 4.79 Å². The van der Waals surface area contributed by atoms with Crippen LogP contribution < -0.4 is 20.3 Å². The molecule has 0 atom stereocenters. The molecule has 0 saturated carbocycles. The standard InChI is InChI=1S/C30H35ClN8O3/c1-37(2)19-22-20-39(36-29(22)21-7-5-4-6-8-21)27-10-12-32-30(35-27)34-24-17-23(33-28(40)9-11-31)25(18-26(24)41-3)38-13-15-42-16-14-38/h4-8,10,12,17-18,20H,9,11,13-16,19H2,1-3H3,(H,33,40)(H,32,34,35). The first-order chi connectivity index (χ1) is 20.4. The monoisotopic (exact) mass is 590 g/mol. The van der Waals surface area contributed by atoms with E-state index in [-0.39, 0.29) is 18.2 Å². The Balaban J connectivity index is 1.48. The minimum atomic E-state index is -0.171. The summed E-state index contributed by atoms with van der Waals surface area (Å²) in [5, 5.41) is 11.2. The Morgan fingerprint density at radius 2 is 1.90 bits per heavy atom. The van der Waals surface area contributed by atoms with Gasteiger partial charge in [-0.3, -0.25) is 4.79 Å². The Hall–Kier alpha value is -4.19. The Bertz CT molecular complexity index is 1510. The molecule has 1 aliphatic heterocycles. The first-order valence-electron chi connectivity index (χ1n) is 13.7. The van der Waals surface area contributed by atoms with Crippen LogP contribution in [0.4, 0.5) is 23.0 Å². The van der Waals surface area contributed by atoms with E-state index in [0.717, 1.165) is 29.1 Å². The molecule has 0 spiro atoms. The predicted molar refractivity (Wildman–Crippen MR) is 165 cm³/mol. The smallest absolute Gasteiger partial charge is 0.229 e. The molecule has 0 bridgehead atoms. The van der Waals surface area contributed by atoms with Crippen LogP contribution in [0.15, 0.2) is 60.9 Å². The third-order valence-corrected chi connectivity index (χ3v) is 6.90. The number of carbonyl (C=O) groups is 1. The molecule has 42 heavy (non-hydrogen) atoms. The summed E-state index contributed by atoms with van der Waals surface area (Å²) in [6, 6.07) is 15.6. The number of amides is 1. The van der Waals surface area contributed by atoms with Crippen LogP contribution in [0.5, 0.6) is 5.75 Å². The lowest BCUT2D eigenvalue weighted by atomic mass is 10.1. The predicted octanol–water partition coefficient (Wildman–Crippen LogP) is 4.55. The number of ether oxygens (including phenoxy) is 2. The van der Waals surface area contributed by atoms with E-state index >= 15 is 0 Å². The number of carbonyl (C=O) groups excluding carboxylic acids is 1. The molecule has 2 aromatic carbocycles. The van der Waals surface area contributed by atoms with E-state index < -0.39 is 0 Å². The van der Waals surface area contributed by atoms with Crippen molar-refractivity contribution in [1.29, 1.82) is 0 Å². The molecule has 220 valence electrons. The molecule has 2 N–H and O–H groups in total. The summed E-state index contributed by atoms with van der Waals surface area (Å²) in [5.74, 6) is 1.61. The van der Waals surface area contributed by atoms with Gasteiger partial charge in [-0.2, -0.15) is 10.1 Å². The van der Waals surface area contributed by atoms with Crippen LogP contribution in [0.1, 0.15) is 12.0 Å². The Labute approximate surface area is 250 Å². The quantitative estimate of drug-likeness (QED) is 0.243. The summed E-state index contributed by atoms with van der Waals surface area (Å²) >= 11 is 5.83. The van der Waals surface area contributed by atoms with Gasteiger partial charge in [0.2, 0.25) is 11.9 Å². The molecule has 1 amide bonds. The summed E-state index contributed by atoms with van der Waals surface area (Å²) in [7, 11) is 5.67. The van der Waals surface area contributed by atoms with Crippen LogP contribution in [0.3, 0.4) is 0 Å². The number of hydrogen-bond acceptors (Lipinski definition) is 9. The highest BCUT2D eigenvalue weighted by atomic mass is 35.5. The highest BCUT2D eigenvalue weighted by Crippen LogP contribution is 2.38. The lowest BCUT2D eigenvalue weighted by molar-refractivity contribution is -0.115. The van der Waals surface area contributed by atoms with Crippen molar-refractivity contribution in [3.63, 3.8) is 0 Å². The summed E-state index contributed by atoms with van der Waals surface area (Å²) in [4.78, 5) is 26.0. The number of hydrogen-bond donors (Lipinski definition) is 2. The van der Waals surface area contributed by atoms with Gasteiger partial charge in [0.25, 0.3) is 0 Å². The molecule has 0 unspecified atom stereocenters. The molecule has 2 aromatic heterocycles. The van der Waals surface area contributed by atoms with Crippen molar-refractivity contribution in [2.75, 3.05) is 68.9 Å². The van der Waals surface area contributed by atoms with Gasteiger partial charge in [-0.05, 0) is 20.2 Å². The van der Waals surface area contributed by atoms with E-state index in [1.807, 2.05) is 56.7 Å². The van der Waals surface area contributed by atoms with Crippen LogP contribution in [0.25, 0.3) is 17.1 Å². The molecule has 11 nitrogen and oxygen atoms in total. The maximum absolute atomic E-state index is 12.5. The second-order valence-corrected chi connectivity index (χ2v) is 10.4. The molecule has 1 fully saturated rings. The molecule has 1 aliphatic rings. The SMILES string of the molecule is COc1cc(N2CCOCC2)c(NC(=O)CCCl)cc1Nc1nccc(-n2cc(CN(C)C)c(-c3ccccc3)n2)n1. The number of rotatable bonds is 11.